The average Bonchev–Trinajstić information content (AvgIpc) is 2.95. The standard InChI is InChI=1S/C14H17F2N5O/c1-3-21-8-18-20-13(21)7-17-14(22)19-9(2)11-6-10(15)4-5-12(11)16/h4-6,8-9H,3,7H2,1-2H3,(H2,17,19,22). The Morgan fingerprint density at radius 1 is 1.41 bits per heavy atom. The van der Waals surface area contributed by atoms with Crippen molar-refractivity contribution < 1.29 is 13.6 Å². The van der Waals surface area contributed by atoms with Crippen molar-refractivity contribution in [1.82, 2.24) is 25.4 Å². The molecule has 1 heterocycles. The first kappa shape index (κ1) is 15.9. The molecule has 0 saturated heterocycles. The summed E-state index contributed by atoms with van der Waals surface area (Å²) in [5, 5.41) is 12.8. The number of nitrogens with one attached hydrogen (secondary N) is 2. The maximum absolute atomic E-state index is 13.6. The van der Waals surface area contributed by atoms with E-state index in [1.54, 1.807) is 17.8 Å². The molecule has 22 heavy (non-hydrogen) atoms. The van der Waals surface area contributed by atoms with E-state index < -0.39 is 23.7 Å². The maximum atomic E-state index is 13.6. The van der Waals surface area contributed by atoms with Gasteiger partial charge in [0.05, 0.1) is 12.6 Å². The highest BCUT2D eigenvalue weighted by Crippen LogP contribution is 2.17. The maximum Gasteiger partial charge on any atom is 0.315 e. The molecule has 0 saturated carbocycles. The Labute approximate surface area is 126 Å². The van der Waals surface area contributed by atoms with Gasteiger partial charge in [-0.15, -0.1) is 10.2 Å². The van der Waals surface area contributed by atoms with Crippen LogP contribution in [-0.4, -0.2) is 20.8 Å². The zero-order chi connectivity index (χ0) is 16.1. The molecular weight excluding hydrogens is 292 g/mol. The number of amides is 2. The third-order valence-electron chi connectivity index (χ3n) is 3.22. The lowest BCUT2D eigenvalue weighted by molar-refractivity contribution is 0.237. The number of hydrogen-bond donors (Lipinski definition) is 2. The number of halogens is 2. The highest BCUT2D eigenvalue weighted by atomic mass is 19.1. The predicted molar refractivity (Wildman–Crippen MR) is 75.8 cm³/mol. The van der Waals surface area contributed by atoms with Gasteiger partial charge in [0.15, 0.2) is 5.82 Å². The van der Waals surface area contributed by atoms with E-state index in [0.717, 1.165) is 18.2 Å². The van der Waals surface area contributed by atoms with Crippen LogP contribution in [0.4, 0.5) is 13.6 Å². The Balaban J connectivity index is 1.93. The van der Waals surface area contributed by atoms with Gasteiger partial charge >= 0.3 is 6.03 Å². The van der Waals surface area contributed by atoms with Crippen molar-refractivity contribution in [3.05, 3.63) is 47.5 Å². The van der Waals surface area contributed by atoms with E-state index in [4.69, 9.17) is 0 Å². The van der Waals surface area contributed by atoms with Crippen molar-refractivity contribution >= 4 is 6.03 Å². The van der Waals surface area contributed by atoms with Crippen LogP contribution in [0.5, 0.6) is 0 Å². The summed E-state index contributed by atoms with van der Waals surface area (Å²) >= 11 is 0. The Morgan fingerprint density at radius 3 is 2.91 bits per heavy atom. The average molecular weight is 309 g/mol. The van der Waals surface area contributed by atoms with Crippen molar-refractivity contribution in [2.75, 3.05) is 0 Å². The second kappa shape index (κ2) is 6.97. The minimum atomic E-state index is -0.667. The van der Waals surface area contributed by atoms with Crippen LogP contribution in [0.2, 0.25) is 0 Å². The van der Waals surface area contributed by atoms with Gasteiger partial charge in [0.25, 0.3) is 0 Å². The van der Waals surface area contributed by atoms with Crippen molar-refractivity contribution in [3.8, 4) is 0 Å². The zero-order valence-corrected chi connectivity index (χ0v) is 12.3. The number of aryl methyl sites for hydroxylation is 1. The van der Waals surface area contributed by atoms with Gasteiger partial charge in [0.2, 0.25) is 0 Å². The minimum absolute atomic E-state index is 0.0897. The van der Waals surface area contributed by atoms with Crippen LogP contribution in [-0.2, 0) is 13.1 Å². The first-order chi connectivity index (χ1) is 10.5. The minimum Gasteiger partial charge on any atom is -0.332 e. The summed E-state index contributed by atoms with van der Waals surface area (Å²) in [6.45, 7) is 4.39. The SMILES string of the molecule is CCn1cnnc1CNC(=O)NC(C)c1cc(F)ccc1F. The fourth-order valence-corrected chi connectivity index (χ4v) is 2.01. The predicted octanol–water partition coefficient (Wildman–Crippen LogP) is 2.14. The fraction of sp³-hybridized carbons (Fsp3) is 0.357. The molecule has 8 heteroatoms. The molecule has 118 valence electrons. The van der Waals surface area contributed by atoms with Gasteiger partial charge in [-0.2, -0.15) is 0 Å². The largest absolute Gasteiger partial charge is 0.332 e. The number of rotatable bonds is 5. The summed E-state index contributed by atoms with van der Waals surface area (Å²) in [6.07, 6.45) is 1.57. The first-order valence-electron chi connectivity index (χ1n) is 6.87. The van der Waals surface area contributed by atoms with E-state index in [-0.39, 0.29) is 12.1 Å². The molecule has 1 aromatic heterocycles. The first-order valence-corrected chi connectivity index (χ1v) is 6.87. The topological polar surface area (TPSA) is 71.8 Å². The molecule has 1 atom stereocenters. The number of benzene rings is 1. The van der Waals surface area contributed by atoms with Gasteiger partial charge in [-0.3, -0.25) is 0 Å². The van der Waals surface area contributed by atoms with Gasteiger partial charge < -0.3 is 15.2 Å². The molecule has 0 radical (unpaired) electrons. The van der Waals surface area contributed by atoms with Crippen LogP contribution in [0.3, 0.4) is 0 Å². The third kappa shape index (κ3) is 3.78. The molecule has 2 amide bonds. The molecule has 1 unspecified atom stereocenters. The molecule has 2 rings (SSSR count). The van der Waals surface area contributed by atoms with Crippen LogP contribution < -0.4 is 10.6 Å². The summed E-state index contributed by atoms with van der Waals surface area (Å²) in [5.41, 5.74) is 0.0897. The van der Waals surface area contributed by atoms with Crippen LogP contribution in [0.1, 0.15) is 31.3 Å². The third-order valence-corrected chi connectivity index (χ3v) is 3.22. The smallest absolute Gasteiger partial charge is 0.315 e. The second-order valence-electron chi connectivity index (χ2n) is 4.75. The highest BCUT2D eigenvalue weighted by Gasteiger charge is 2.15. The van der Waals surface area contributed by atoms with Crippen LogP contribution in [0.15, 0.2) is 24.5 Å². The Hall–Kier alpha value is -2.51. The number of aromatic nitrogens is 3. The number of hydrogen-bond acceptors (Lipinski definition) is 3. The number of nitrogens with zero attached hydrogens (tertiary/aromatic N) is 3. The van der Waals surface area contributed by atoms with Crippen molar-refractivity contribution in [1.29, 1.82) is 0 Å². The monoisotopic (exact) mass is 309 g/mol. The fourth-order valence-electron chi connectivity index (χ4n) is 2.01. The summed E-state index contributed by atoms with van der Waals surface area (Å²) in [6, 6.07) is 1.96. The van der Waals surface area contributed by atoms with Gasteiger partial charge in [-0.25, -0.2) is 13.6 Å². The normalized spacial score (nSPS) is 12.0. The van der Waals surface area contributed by atoms with Gasteiger partial charge in [-0.1, -0.05) is 0 Å². The zero-order valence-electron chi connectivity index (χ0n) is 12.3. The van der Waals surface area contributed by atoms with E-state index in [1.165, 1.54) is 0 Å². The Bertz CT molecular complexity index is 658. The molecule has 0 bridgehead atoms. The van der Waals surface area contributed by atoms with Crippen molar-refractivity contribution in [2.45, 2.75) is 33.0 Å². The van der Waals surface area contributed by atoms with Gasteiger partial charge in [-0.05, 0) is 32.0 Å². The van der Waals surface area contributed by atoms with E-state index in [9.17, 15) is 13.6 Å². The lowest BCUT2D eigenvalue weighted by atomic mass is 10.1. The van der Waals surface area contributed by atoms with Crippen molar-refractivity contribution in [2.24, 2.45) is 0 Å². The van der Waals surface area contributed by atoms with Gasteiger partial charge in [0, 0.05) is 12.1 Å². The number of carbonyl (C=O) groups excluding carboxylic acids is 1. The summed E-state index contributed by atoms with van der Waals surface area (Å²) < 4.78 is 28.6. The lowest BCUT2D eigenvalue weighted by Crippen LogP contribution is -2.37. The molecule has 0 aliphatic carbocycles. The van der Waals surface area contributed by atoms with Gasteiger partial charge in [0.1, 0.15) is 18.0 Å². The molecule has 0 spiro atoms. The Kier molecular flexibility index (Phi) is 5.03. The van der Waals surface area contributed by atoms with E-state index in [0.29, 0.717) is 12.4 Å². The Morgan fingerprint density at radius 2 is 2.18 bits per heavy atom. The molecule has 6 nitrogen and oxygen atoms in total. The summed E-state index contributed by atoms with van der Waals surface area (Å²) in [5.74, 6) is -0.510. The van der Waals surface area contributed by atoms with Crippen LogP contribution in [0.25, 0.3) is 0 Å². The highest BCUT2D eigenvalue weighted by molar-refractivity contribution is 5.74. The number of carbonyl (C=O) groups is 1. The second-order valence-corrected chi connectivity index (χ2v) is 4.75. The van der Waals surface area contributed by atoms with Crippen LogP contribution >= 0.6 is 0 Å². The summed E-state index contributed by atoms with van der Waals surface area (Å²) in [4.78, 5) is 11.8. The molecule has 2 aromatic rings. The molecule has 0 fully saturated rings. The molecule has 2 N–H and O–H groups in total. The van der Waals surface area contributed by atoms with E-state index >= 15 is 0 Å². The lowest BCUT2D eigenvalue weighted by Gasteiger charge is -2.15. The molecular formula is C14H17F2N5O. The quantitative estimate of drug-likeness (QED) is 0.889. The summed E-state index contributed by atoms with van der Waals surface area (Å²) in [7, 11) is 0. The molecule has 1 aromatic carbocycles. The van der Waals surface area contributed by atoms with Crippen molar-refractivity contribution in [3.63, 3.8) is 0 Å². The molecule has 0 aliphatic heterocycles. The number of urea groups is 1. The van der Waals surface area contributed by atoms with Crippen LogP contribution in [0, 0.1) is 11.6 Å². The van der Waals surface area contributed by atoms with E-state index in [2.05, 4.69) is 20.8 Å². The van der Waals surface area contributed by atoms with E-state index in [1.807, 2.05) is 6.92 Å². The molecule has 0 aliphatic rings.